The number of hydrogen-bond donors (Lipinski definition) is 1. The molecule has 0 spiro atoms. The molecular formula is C30H29F3N8O2S. The fourth-order valence-corrected chi connectivity index (χ4v) is 5.43. The Morgan fingerprint density at radius 3 is 2.57 bits per heavy atom. The van der Waals surface area contributed by atoms with Crippen molar-refractivity contribution in [1.82, 2.24) is 19.7 Å². The minimum atomic E-state index is -4.48. The molecule has 1 aliphatic heterocycles. The molecule has 2 aromatic heterocycles. The number of amidine groups is 1. The SMILES string of the molecule is CCCc1ccc(N(C)C)cc1N1C(=O)CS/C1=N\C(=O)Nc1ccc(-c2ncn(-c3ccc(C(F)(F)F)cn3)n2)cc1C. The molecule has 1 saturated heterocycles. The summed E-state index contributed by atoms with van der Waals surface area (Å²) in [7, 11) is 3.85. The third-order valence-corrected chi connectivity index (χ3v) is 7.76. The lowest BCUT2D eigenvalue weighted by Crippen LogP contribution is -2.31. The van der Waals surface area contributed by atoms with Crippen LogP contribution in [0.5, 0.6) is 0 Å². The van der Waals surface area contributed by atoms with Crippen molar-refractivity contribution in [3.05, 3.63) is 77.7 Å². The monoisotopic (exact) mass is 622 g/mol. The lowest BCUT2D eigenvalue weighted by Gasteiger charge is -2.22. The van der Waals surface area contributed by atoms with Gasteiger partial charge in [-0.2, -0.15) is 18.2 Å². The Hall–Kier alpha value is -4.72. The Morgan fingerprint density at radius 2 is 1.91 bits per heavy atom. The van der Waals surface area contributed by atoms with Crippen molar-refractivity contribution < 1.29 is 22.8 Å². The predicted molar refractivity (Wildman–Crippen MR) is 165 cm³/mol. The summed E-state index contributed by atoms with van der Waals surface area (Å²) in [6.07, 6.45) is -0.712. The van der Waals surface area contributed by atoms with Gasteiger partial charge >= 0.3 is 12.2 Å². The van der Waals surface area contributed by atoms with Gasteiger partial charge in [0, 0.05) is 37.2 Å². The van der Waals surface area contributed by atoms with Gasteiger partial charge in [-0.25, -0.2) is 19.4 Å². The number of pyridine rings is 1. The van der Waals surface area contributed by atoms with Crippen molar-refractivity contribution in [2.45, 2.75) is 32.9 Å². The average molecular weight is 623 g/mol. The number of urea groups is 1. The first-order valence-corrected chi connectivity index (χ1v) is 14.6. The summed E-state index contributed by atoms with van der Waals surface area (Å²) in [5, 5.41) is 7.43. The molecule has 3 heterocycles. The highest BCUT2D eigenvalue weighted by molar-refractivity contribution is 8.15. The molecule has 1 fully saturated rings. The number of carbonyl (C=O) groups is 2. The first kappa shape index (κ1) is 30.7. The largest absolute Gasteiger partial charge is 0.417 e. The van der Waals surface area contributed by atoms with Gasteiger partial charge in [0.25, 0.3) is 0 Å². The average Bonchev–Trinajstić information content (AvgIpc) is 3.61. The van der Waals surface area contributed by atoms with Crippen molar-refractivity contribution >= 4 is 45.9 Å². The van der Waals surface area contributed by atoms with Crippen LogP contribution in [0.4, 0.5) is 35.0 Å². The molecular weight excluding hydrogens is 593 g/mol. The first-order valence-electron chi connectivity index (χ1n) is 13.7. The van der Waals surface area contributed by atoms with Gasteiger partial charge in [-0.15, -0.1) is 5.10 Å². The fraction of sp³-hybridized carbons (Fsp3) is 0.267. The van der Waals surface area contributed by atoms with Crippen LogP contribution in [0.1, 0.15) is 30.0 Å². The molecule has 4 aromatic rings. The Kier molecular flexibility index (Phi) is 8.72. The van der Waals surface area contributed by atoms with Crippen molar-refractivity contribution in [1.29, 1.82) is 0 Å². The standard InChI is InChI=1S/C30H29F3N8O2S/c1-5-6-19-7-10-22(39(3)4)14-24(19)41-26(42)16-44-29(41)37-28(43)36-23-11-8-20(13-18(23)2)27-35-17-40(38-27)25-12-9-21(15-34-25)30(31,32)33/h7-15,17H,5-6,16H2,1-4H3,(H,36,43)/b37-29-. The van der Waals surface area contributed by atoms with E-state index in [-0.39, 0.29) is 17.5 Å². The topological polar surface area (TPSA) is 109 Å². The number of aromatic nitrogens is 4. The van der Waals surface area contributed by atoms with Crippen molar-refractivity contribution in [2.24, 2.45) is 4.99 Å². The second-order valence-electron chi connectivity index (χ2n) is 10.2. The summed E-state index contributed by atoms with van der Waals surface area (Å²) in [4.78, 5) is 41.8. The van der Waals surface area contributed by atoms with Gasteiger partial charge in [-0.3, -0.25) is 9.69 Å². The van der Waals surface area contributed by atoms with E-state index in [0.717, 1.165) is 42.0 Å². The minimum absolute atomic E-state index is 0.145. The molecule has 2 aromatic carbocycles. The predicted octanol–water partition coefficient (Wildman–Crippen LogP) is 6.34. The number of amides is 3. The second-order valence-corrected chi connectivity index (χ2v) is 11.2. The maximum atomic E-state index is 13.0. The number of rotatable bonds is 7. The molecule has 5 rings (SSSR count). The quantitative estimate of drug-likeness (QED) is 0.256. The van der Waals surface area contributed by atoms with E-state index in [9.17, 15) is 22.8 Å². The van der Waals surface area contributed by atoms with Crippen molar-refractivity contribution in [3.63, 3.8) is 0 Å². The summed E-state index contributed by atoms with van der Waals surface area (Å²) in [5.74, 6) is 0.546. The van der Waals surface area contributed by atoms with Crippen LogP contribution in [0.15, 0.2) is 66.0 Å². The number of aryl methyl sites for hydroxylation is 2. The van der Waals surface area contributed by atoms with Crippen LogP contribution in [-0.4, -0.2) is 56.7 Å². The Morgan fingerprint density at radius 1 is 1.11 bits per heavy atom. The van der Waals surface area contributed by atoms with Crippen LogP contribution in [0.2, 0.25) is 0 Å². The van der Waals surface area contributed by atoms with Crippen LogP contribution >= 0.6 is 11.8 Å². The third-order valence-electron chi connectivity index (χ3n) is 6.84. The van der Waals surface area contributed by atoms with E-state index in [1.807, 2.05) is 37.2 Å². The number of hydrogen-bond acceptors (Lipinski definition) is 7. The van der Waals surface area contributed by atoms with Gasteiger partial charge in [0.15, 0.2) is 16.8 Å². The lowest BCUT2D eigenvalue weighted by molar-refractivity contribution is -0.137. The van der Waals surface area contributed by atoms with Gasteiger partial charge < -0.3 is 10.2 Å². The number of anilines is 3. The normalized spacial score (nSPS) is 14.4. The molecule has 0 saturated carbocycles. The Balaban J connectivity index is 1.33. The lowest BCUT2D eigenvalue weighted by atomic mass is 10.1. The zero-order valence-corrected chi connectivity index (χ0v) is 25.2. The van der Waals surface area contributed by atoms with E-state index in [4.69, 9.17) is 0 Å². The highest BCUT2D eigenvalue weighted by Gasteiger charge is 2.33. The highest BCUT2D eigenvalue weighted by Crippen LogP contribution is 2.34. The Bertz CT molecular complexity index is 1740. The van der Waals surface area contributed by atoms with Crippen LogP contribution in [0.3, 0.4) is 0 Å². The van der Waals surface area contributed by atoms with Crippen molar-refractivity contribution in [2.75, 3.05) is 35.0 Å². The number of halogens is 3. The van der Waals surface area contributed by atoms with Gasteiger partial charge in [0.1, 0.15) is 6.33 Å². The molecule has 14 heteroatoms. The van der Waals surface area contributed by atoms with Gasteiger partial charge in [0.05, 0.1) is 17.0 Å². The number of aliphatic imine (C=N–C) groups is 1. The molecule has 10 nitrogen and oxygen atoms in total. The first-order chi connectivity index (χ1) is 20.9. The number of carbonyl (C=O) groups excluding carboxylic acids is 2. The van der Waals surface area contributed by atoms with E-state index < -0.39 is 17.8 Å². The smallest absolute Gasteiger partial charge is 0.378 e. The molecule has 3 amide bonds. The molecule has 0 bridgehead atoms. The number of thioether (sulfide) groups is 1. The van der Waals surface area contributed by atoms with E-state index in [1.54, 1.807) is 25.1 Å². The molecule has 44 heavy (non-hydrogen) atoms. The Labute approximate surface area is 256 Å². The third kappa shape index (κ3) is 6.59. The van der Waals surface area contributed by atoms with Crippen LogP contribution in [-0.2, 0) is 17.4 Å². The molecule has 228 valence electrons. The van der Waals surface area contributed by atoms with E-state index in [2.05, 4.69) is 32.3 Å². The summed E-state index contributed by atoms with van der Waals surface area (Å²) in [5.41, 5.74) is 3.64. The zero-order chi connectivity index (χ0) is 31.6. The van der Waals surface area contributed by atoms with Gasteiger partial charge in [-0.1, -0.05) is 31.2 Å². The molecule has 1 N–H and O–H groups in total. The maximum Gasteiger partial charge on any atom is 0.417 e. The number of nitrogens with one attached hydrogen (secondary N) is 1. The van der Waals surface area contributed by atoms with E-state index >= 15 is 0 Å². The molecule has 1 aliphatic rings. The van der Waals surface area contributed by atoms with Gasteiger partial charge in [-0.05, 0) is 66.9 Å². The number of nitrogens with zero attached hydrogens (tertiary/aromatic N) is 7. The summed E-state index contributed by atoms with van der Waals surface area (Å²) >= 11 is 1.21. The second kappa shape index (κ2) is 12.5. The fourth-order valence-electron chi connectivity index (χ4n) is 4.57. The van der Waals surface area contributed by atoms with Crippen LogP contribution in [0, 0.1) is 6.92 Å². The van der Waals surface area contributed by atoms with E-state index in [0.29, 0.717) is 27.8 Å². The molecule has 0 radical (unpaired) electrons. The highest BCUT2D eigenvalue weighted by atomic mass is 32.2. The summed E-state index contributed by atoms with van der Waals surface area (Å²) in [6.45, 7) is 3.86. The number of benzene rings is 2. The zero-order valence-electron chi connectivity index (χ0n) is 24.4. The van der Waals surface area contributed by atoms with Crippen LogP contribution in [0.25, 0.3) is 17.2 Å². The van der Waals surface area contributed by atoms with Crippen molar-refractivity contribution in [3.8, 4) is 17.2 Å². The summed E-state index contributed by atoms with van der Waals surface area (Å²) < 4.78 is 39.8. The van der Waals surface area contributed by atoms with E-state index in [1.165, 1.54) is 33.7 Å². The van der Waals surface area contributed by atoms with Gasteiger partial charge in [0.2, 0.25) is 5.91 Å². The minimum Gasteiger partial charge on any atom is -0.378 e. The molecule has 0 unspecified atom stereocenters. The molecule has 0 atom stereocenters. The summed E-state index contributed by atoms with van der Waals surface area (Å²) in [6, 6.07) is 12.6. The van der Waals surface area contributed by atoms with Crippen LogP contribution < -0.4 is 15.1 Å². The number of alkyl halides is 3. The molecule has 0 aliphatic carbocycles. The maximum absolute atomic E-state index is 13.0.